The Morgan fingerprint density at radius 1 is 1.12 bits per heavy atom. The zero-order valence-electron chi connectivity index (χ0n) is 16.3. The predicted molar refractivity (Wildman–Crippen MR) is 122 cm³/mol. The molecule has 0 saturated heterocycles. The third-order valence-electron chi connectivity index (χ3n) is 5.28. The maximum Gasteiger partial charge on any atom is 0.346 e. The third kappa shape index (κ3) is 3.10. The van der Waals surface area contributed by atoms with E-state index >= 15 is 0 Å². The number of aromatic amines is 1. The van der Waals surface area contributed by atoms with Crippen molar-refractivity contribution in [3.8, 4) is 5.00 Å². The highest BCUT2D eigenvalue weighted by molar-refractivity contribution is 7.93. The molecule has 1 aliphatic rings. The van der Waals surface area contributed by atoms with Crippen molar-refractivity contribution in [3.63, 3.8) is 0 Å². The highest BCUT2D eigenvalue weighted by atomic mass is 32.2. The number of aromatic nitrogens is 2. The Hall–Kier alpha value is -3.22. The van der Waals surface area contributed by atoms with Gasteiger partial charge >= 0.3 is 11.7 Å². The maximum absolute atomic E-state index is 13.4. The van der Waals surface area contributed by atoms with Gasteiger partial charge in [0.05, 0.1) is 16.6 Å². The number of aromatic carboxylic acids is 1. The second kappa shape index (κ2) is 7.43. The van der Waals surface area contributed by atoms with E-state index in [-0.39, 0.29) is 25.7 Å². The summed E-state index contributed by atoms with van der Waals surface area (Å²) in [5, 5.41) is 12.1. The molecule has 0 amide bonds. The second-order valence-electron chi connectivity index (χ2n) is 7.16. The number of carboxylic acids is 1. The monoisotopic (exact) mass is 489 g/mol. The summed E-state index contributed by atoms with van der Waals surface area (Å²) in [4.78, 5) is 39.3. The number of anilines is 1. The molecule has 4 aromatic rings. The third-order valence-corrected chi connectivity index (χ3v) is 9.11. The van der Waals surface area contributed by atoms with E-state index in [0.29, 0.717) is 18.7 Å². The smallest absolute Gasteiger partial charge is 0.346 e. The number of nitrogens with one attached hydrogen (secondary N) is 1. The molecule has 0 aliphatic carbocycles. The minimum atomic E-state index is -3.92. The highest BCUT2D eigenvalue weighted by Crippen LogP contribution is 2.33. The Kier molecular flexibility index (Phi) is 4.80. The first kappa shape index (κ1) is 20.7. The van der Waals surface area contributed by atoms with Crippen LogP contribution in [0.2, 0.25) is 0 Å². The van der Waals surface area contributed by atoms with Crippen molar-refractivity contribution in [2.45, 2.75) is 17.7 Å². The number of rotatable bonds is 4. The molecule has 9 nitrogen and oxygen atoms in total. The maximum atomic E-state index is 13.4. The van der Waals surface area contributed by atoms with Crippen molar-refractivity contribution < 1.29 is 18.3 Å². The van der Waals surface area contributed by atoms with Gasteiger partial charge in [-0.3, -0.25) is 9.10 Å². The van der Waals surface area contributed by atoms with E-state index in [0.717, 1.165) is 39.2 Å². The average molecular weight is 490 g/mol. The number of benzene rings is 1. The number of aryl methyl sites for hydroxylation is 1. The summed E-state index contributed by atoms with van der Waals surface area (Å²) in [5.41, 5.74) is 0.109. The highest BCUT2D eigenvalue weighted by Gasteiger charge is 2.30. The summed E-state index contributed by atoms with van der Waals surface area (Å²) < 4.78 is 28.8. The van der Waals surface area contributed by atoms with Crippen LogP contribution in [0.5, 0.6) is 0 Å². The largest absolute Gasteiger partial charge is 0.477 e. The van der Waals surface area contributed by atoms with Crippen LogP contribution < -0.4 is 15.6 Å². The fraction of sp³-hybridized carbons (Fsp3) is 0.150. The molecule has 5 rings (SSSR count). The summed E-state index contributed by atoms with van der Waals surface area (Å²) in [5.74, 6) is -1.28. The van der Waals surface area contributed by atoms with Crippen LogP contribution in [0.25, 0.3) is 15.9 Å². The summed E-state index contributed by atoms with van der Waals surface area (Å²) in [7, 11) is -3.92. The van der Waals surface area contributed by atoms with Crippen LogP contribution in [-0.4, -0.2) is 35.6 Å². The van der Waals surface area contributed by atoms with Crippen molar-refractivity contribution in [2.24, 2.45) is 0 Å². The van der Waals surface area contributed by atoms with E-state index in [2.05, 4.69) is 4.98 Å². The van der Waals surface area contributed by atoms with Crippen molar-refractivity contribution in [2.75, 3.05) is 10.8 Å². The van der Waals surface area contributed by atoms with Gasteiger partial charge in [-0.05, 0) is 30.5 Å². The van der Waals surface area contributed by atoms with Crippen molar-refractivity contribution in [3.05, 3.63) is 72.4 Å². The number of para-hydroxylation sites is 1. The van der Waals surface area contributed by atoms with E-state index in [1.807, 2.05) is 12.1 Å². The van der Waals surface area contributed by atoms with Crippen LogP contribution >= 0.6 is 22.7 Å². The predicted octanol–water partition coefficient (Wildman–Crippen LogP) is 2.64. The fourth-order valence-corrected chi connectivity index (χ4v) is 7.46. The number of fused-ring (bicyclic) bond motifs is 2. The first-order valence-corrected chi connectivity index (χ1v) is 12.7. The summed E-state index contributed by atoms with van der Waals surface area (Å²) in [6.45, 7) is 0.327. The van der Waals surface area contributed by atoms with Crippen LogP contribution in [0.3, 0.4) is 0 Å². The van der Waals surface area contributed by atoms with Crippen molar-refractivity contribution >= 4 is 55.3 Å². The standard InChI is InChI=1S/C20H15N3O6S3/c24-18-16-13(10-31-17(16)19(25)26)21-20(27)23(18)15-8-12(9-30-15)32(28,29)22-7-3-5-11-4-1-2-6-14(11)22/h1-2,4,6,8-10H,3,5,7H2,(H,21,27)(H,25,26). The van der Waals surface area contributed by atoms with Crippen LogP contribution in [0.4, 0.5) is 5.69 Å². The summed E-state index contributed by atoms with van der Waals surface area (Å²) in [6, 6.07) is 8.56. The molecule has 0 saturated carbocycles. The lowest BCUT2D eigenvalue weighted by Gasteiger charge is -2.30. The zero-order valence-corrected chi connectivity index (χ0v) is 18.7. The zero-order chi connectivity index (χ0) is 22.6. The lowest BCUT2D eigenvalue weighted by atomic mass is 10.0. The Labute approximate surface area is 188 Å². The number of carbonyl (C=O) groups is 1. The Bertz CT molecular complexity index is 1610. The van der Waals surface area contributed by atoms with Crippen LogP contribution in [0.1, 0.15) is 21.7 Å². The molecular weight excluding hydrogens is 474 g/mol. The molecule has 1 aromatic carbocycles. The molecule has 12 heteroatoms. The van der Waals surface area contributed by atoms with Gasteiger partial charge in [-0.15, -0.1) is 22.7 Å². The number of hydrogen-bond donors (Lipinski definition) is 2. The molecule has 32 heavy (non-hydrogen) atoms. The lowest BCUT2D eigenvalue weighted by Crippen LogP contribution is -2.35. The first-order chi connectivity index (χ1) is 15.3. The Morgan fingerprint density at radius 2 is 1.91 bits per heavy atom. The molecule has 0 fully saturated rings. The average Bonchev–Trinajstić information content (AvgIpc) is 3.41. The first-order valence-electron chi connectivity index (χ1n) is 9.48. The van der Waals surface area contributed by atoms with Gasteiger partial charge in [0.15, 0.2) is 0 Å². The second-order valence-corrected chi connectivity index (χ2v) is 10.8. The Balaban J connectivity index is 1.63. The van der Waals surface area contributed by atoms with Gasteiger partial charge < -0.3 is 10.1 Å². The van der Waals surface area contributed by atoms with Gasteiger partial charge in [-0.1, -0.05) is 18.2 Å². The van der Waals surface area contributed by atoms with Gasteiger partial charge in [-0.2, -0.15) is 0 Å². The molecular formula is C20H15N3O6S3. The SMILES string of the molecule is O=C(O)c1scc2[nH]c(=O)n(-c3cc(S(=O)(=O)N4CCCc5ccccc54)cs3)c(=O)c12. The number of nitrogens with zero attached hydrogens (tertiary/aromatic N) is 2. The molecule has 0 unspecified atom stereocenters. The van der Waals surface area contributed by atoms with E-state index in [9.17, 15) is 27.9 Å². The molecule has 0 radical (unpaired) electrons. The van der Waals surface area contributed by atoms with Crippen molar-refractivity contribution in [1.29, 1.82) is 0 Å². The molecule has 2 N–H and O–H groups in total. The van der Waals surface area contributed by atoms with Gasteiger partial charge in [0.1, 0.15) is 14.8 Å². The molecule has 164 valence electrons. The normalized spacial score (nSPS) is 13.9. The molecule has 4 heterocycles. The lowest BCUT2D eigenvalue weighted by molar-refractivity contribution is 0.0704. The topological polar surface area (TPSA) is 130 Å². The van der Waals surface area contributed by atoms with Gasteiger partial charge in [0, 0.05) is 17.3 Å². The Morgan fingerprint density at radius 3 is 2.69 bits per heavy atom. The summed E-state index contributed by atoms with van der Waals surface area (Å²) in [6.07, 6.45) is 1.47. The number of carboxylic acid groups (broad SMARTS) is 1. The van der Waals surface area contributed by atoms with E-state index in [1.165, 1.54) is 21.1 Å². The number of H-pyrrole nitrogens is 1. The van der Waals surface area contributed by atoms with Gasteiger partial charge in [0.2, 0.25) is 0 Å². The van der Waals surface area contributed by atoms with Gasteiger partial charge in [-0.25, -0.2) is 22.6 Å². The van der Waals surface area contributed by atoms with Gasteiger partial charge in [0.25, 0.3) is 15.6 Å². The molecule has 1 aliphatic heterocycles. The summed E-state index contributed by atoms with van der Waals surface area (Å²) >= 11 is 1.76. The fourth-order valence-electron chi connectivity index (χ4n) is 3.83. The van der Waals surface area contributed by atoms with Crippen LogP contribution in [-0.2, 0) is 16.4 Å². The van der Waals surface area contributed by atoms with Crippen LogP contribution in [0.15, 0.2) is 55.6 Å². The van der Waals surface area contributed by atoms with E-state index in [1.54, 1.807) is 12.1 Å². The minimum Gasteiger partial charge on any atom is -0.477 e. The quantitative estimate of drug-likeness (QED) is 0.453. The number of hydrogen-bond acceptors (Lipinski definition) is 7. The number of sulfonamides is 1. The minimum absolute atomic E-state index is 0.0376. The molecule has 0 bridgehead atoms. The van der Waals surface area contributed by atoms with E-state index in [4.69, 9.17) is 0 Å². The molecule has 0 atom stereocenters. The molecule has 0 spiro atoms. The number of thiophene rings is 2. The van der Waals surface area contributed by atoms with Crippen molar-refractivity contribution in [1.82, 2.24) is 9.55 Å². The van der Waals surface area contributed by atoms with Crippen LogP contribution in [0, 0.1) is 0 Å². The van der Waals surface area contributed by atoms with E-state index < -0.39 is 27.2 Å². The molecule has 3 aromatic heterocycles.